The zero-order valence-corrected chi connectivity index (χ0v) is 20.1. The third kappa shape index (κ3) is 6.45. The largest absolute Gasteiger partial charge is 0.334 e. The lowest BCUT2D eigenvalue weighted by atomic mass is 10.1. The molecule has 1 aliphatic heterocycles. The van der Waals surface area contributed by atoms with E-state index >= 15 is 0 Å². The molecule has 3 aromatic rings. The highest BCUT2D eigenvalue weighted by molar-refractivity contribution is 8.00. The van der Waals surface area contributed by atoms with Gasteiger partial charge in [-0.2, -0.15) is 0 Å². The van der Waals surface area contributed by atoms with Gasteiger partial charge in [-0.05, 0) is 50.6 Å². The van der Waals surface area contributed by atoms with E-state index in [1.54, 1.807) is 6.92 Å². The lowest BCUT2D eigenvalue weighted by Gasteiger charge is -2.26. The second-order valence-corrected chi connectivity index (χ2v) is 9.63. The maximum atomic E-state index is 12.7. The van der Waals surface area contributed by atoms with Crippen molar-refractivity contribution in [3.05, 3.63) is 72.1 Å². The number of hydrogen-bond donors (Lipinski definition) is 2. The molecule has 2 heterocycles. The summed E-state index contributed by atoms with van der Waals surface area (Å²) in [5.74, 6) is 0.472. The van der Waals surface area contributed by atoms with Gasteiger partial charge in [0.1, 0.15) is 0 Å². The van der Waals surface area contributed by atoms with Gasteiger partial charge in [-0.25, -0.2) is 4.79 Å². The lowest BCUT2D eigenvalue weighted by Crippen LogP contribution is -2.42. The van der Waals surface area contributed by atoms with E-state index in [4.69, 9.17) is 0 Å². The molecule has 9 heteroatoms. The van der Waals surface area contributed by atoms with E-state index in [0.29, 0.717) is 18.2 Å². The van der Waals surface area contributed by atoms with Crippen molar-refractivity contribution >= 4 is 23.7 Å². The first kappa shape index (κ1) is 24.0. The molecule has 178 valence electrons. The lowest BCUT2D eigenvalue weighted by molar-refractivity contribution is -0.119. The second-order valence-electron chi connectivity index (χ2n) is 8.32. The zero-order chi connectivity index (χ0) is 23.8. The Bertz CT molecular complexity index is 1080. The van der Waals surface area contributed by atoms with E-state index < -0.39 is 11.3 Å². The summed E-state index contributed by atoms with van der Waals surface area (Å²) in [7, 11) is 0. The summed E-state index contributed by atoms with van der Waals surface area (Å²) < 4.78 is 2.01. The number of likely N-dealkylation sites (tertiary alicyclic amines) is 1. The highest BCUT2D eigenvalue weighted by atomic mass is 32.2. The molecule has 1 aliphatic rings. The molecule has 4 rings (SSSR count). The molecule has 1 aromatic heterocycles. The van der Waals surface area contributed by atoms with Crippen LogP contribution in [0.4, 0.5) is 4.79 Å². The normalized spacial score (nSPS) is 15.0. The molecular formula is C25H30N6O2S. The summed E-state index contributed by atoms with van der Waals surface area (Å²) in [4.78, 5) is 27.3. The van der Waals surface area contributed by atoms with Gasteiger partial charge in [0, 0.05) is 12.2 Å². The number of thioether (sulfide) groups is 1. The van der Waals surface area contributed by atoms with Gasteiger partial charge in [0.15, 0.2) is 11.0 Å². The van der Waals surface area contributed by atoms with Crippen LogP contribution in [-0.4, -0.2) is 49.9 Å². The monoisotopic (exact) mass is 478 g/mol. The van der Waals surface area contributed by atoms with Gasteiger partial charge in [-0.15, -0.1) is 10.2 Å². The Kier molecular flexibility index (Phi) is 8.32. The topological polar surface area (TPSA) is 92.2 Å². The van der Waals surface area contributed by atoms with Gasteiger partial charge < -0.3 is 5.32 Å². The smallest absolute Gasteiger partial charge is 0.321 e. The number of rotatable bonds is 8. The molecule has 1 fully saturated rings. The molecule has 3 amide bonds. The first-order valence-electron chi connectivity index (χ1n) is 11.6. The highest BCUT2D eigenvalue weighted by Gasteiger charge is 2.23. The van der Waals surface area contributed by atoms with Crippen molar-refractivity contribution in [2.45, 2.75) is 49.7 Å². The van der Waals surface area contributed by atoms with E-state index in [9.17, 15) is 9.59 Å². The Labute approximate surface area is 204 Å². The third-order valence-corrected chi connectivity index (χ3v) is 6.76. The van der Waals surface area contributed by atoms with Crippen molar-refractivity contribution in [2.24, 2.45) is 0 Å². The van der Waals surface area contributed by atoms with Crippen LogP contribution in [0.5, 0.6) is 0 Å². The van der Waals surface area contributed by atoms with Crippen LogP contribution in [0.25, 0.3) is 5.69 Å². The number of imide groups is 1. The number of piperidine rings is 1. The molecule has 0 spiro atoms. The van der Waals surface area contributed by atoms with Crippen molar-refractivity contribution in [1.29, 1.82) is 0 Å². The molecule has 2 N–H and O–H groups in total. The summed E-state index contributed by atoms with van der Waals surface area (Å²) in [5, 5.41) is 14.1. The highest BCUT2D eigenvalue weighted by Crippen LogP contribution is 2.27. The van der Waals surface area contributed by atoms with Crippen molar-refractivity contribution in [3.63, 3.8) is 0 Å². The molecule has 0 aliphatic carbocycles. The van der Waals surface area contributed by atoms with E-state index in [1.165, 1.54) is 31.0 Å². The van der Waals surface area contributed by atoms with Crippen molar-refractivity contribution in [2.75, 3.05) is 13.1 Å². The van der Waals surface area contributed by atoms with E-state index in [2.05, 4.69) is 25.7 Å². The van der Waals surface area contributed by atoms with Crippen LogP contribution in [-0.2, 0) is 17.9 Å². The van der Waals surface area contributed by atoms with Crippen LogP contribution < -0.4 is 10.6 Å². The minimum absolute atomic E-state index is 0.351. The fourth-order valence-corrected chi connectivity index (χ4v) is 4.77. The number of para-hydroxylation sites is 1. The van der Waals surface area contributed by atoms with Crippen molar-refractivity contribution < 1.29 is 9.59 Å². The quantitative estimate of drug-likeness (QED) is 0.479. The molecule has 34 heavy (non-hydrogen) atoms. The van der Waals surface area contributed by atoms with E-state index in [0.717, 1.165) is 30.2 Å². The minimum Gasteiger partial charge on any atom is -0.334 e. The molecule has 0 saturated carbocycles. The standard InChI is InChI=1S/C25H30N6O2S/c1-19(23(32)27-24(33)26-17-20-11-5-2-6-12-20)34-25-29-28-22(18-30-15-9-4-10-16-30)31(25)21-13-7-3-8-14-21/h2-3,5-8,11-14,19H,4,9-10,15-18H2,1H3,(H2,26,27,32,33). The van der Waals surface area contributed by atoms with E-state index in [-0.39, 0.29) is 5.91 Å². The van der Waals surface area contributed by atoms with Crippen molar-refractivity contribution in [3.8, 4) is 5.69 Å². The minimum atomic E-state index is -0.531. The summed E-state index contributed by atoms with van der Waals surface area (Å²) in [5.41, 5.74) is 1.92. The number of nitrogens with one attached hydrogen (secondary N) is 2. The molecule has 1 saturated heterocycles. The number of amides is 3. The van der Waals surface area contributed by atoms with Gasteiger partial charge in [0.05, 0.1) is 11.8 Å². The Balaban J connectivity index is 1.41. The molecule has 1 unspecified atom stereocenters. The predicted molar refractivity (Wildman–Crippen MR) is 133 cm³/mol. The number of carbonyl (C=O) groups is 2. The summed E-state index contributed by atoms with van der Waals surface area (Å²) in [6, 6.07) is 19.0. The summed E-state index contributed by atoms with van der Waals surface area (Å²) in [6.07, 6.45) is 3.67. The zero-order valence-electron chi connectivity index (χ0n) is 19.3. The molecular weight excluding hydrogens is 448 g/mol. The SMILES string of the molecule is CC(Sc1nnc(CN2CCCCC2)n1-c1ccccc1)C(=O)NC(=O)NCc1ccccc1. The van der Waals surface area contributed by atoms with Crippen LogP contribution in [0, 0.1) is 0 Å². The van der Waals surface area contributed by atoms with Gasteiger partial charge in [0.2, 0.25) is 5.91 Å². The van der Waals surface area contributed by atoms with Gasteiger partial charge in [-0.1, -0.05) is 66.7 Å². The third-order valence-electron chi connectivity index (χ3n) is 5.71. The first-order valence-corrected chi connectivity index (χ1v) is 12.5. The summed E-state index contributed by atoms with van der Waals surface area (Å²) >= 11 is 1.29. The molecule has 8 nitrogen and oxygen atoms in total. The predicted octanol–water partition coefficient (Wildman–Crippen LogP) is 3.76. The average Bonchev–Trinajstić information content (AvgIpc) is 3.26. The van der Waals surface area contributed by atoms with Gasteiger partial charge in [0.25, 0.3) is 0 Å². The van der Waals surface area contributed by atoms with Crippen LogP contribution in [0.2, 0.25) is 0 Å². The number of aromatic nitrogens is 3. The number of carbonyl (C=O) groups excluding carboxylic acids is 2. The van der Waals surface area contributed by atoms with Crippen LogP contribution in [0.3, 0.4) is 0 Å². The fraction of sp³-hybridized carbons (Fsp3) is 0.360. The van der Waals surface area contributed by atoms with Crippen LogP contribution >= 0.6 is 11.8 Å². The van der Waals surface area contributed by atoms with E-state index in [1.807, 2.05) is 65.2 Å². The maximum Gasteiger partial charge on any atom is 0.321 e. The average molecular weight is 479 g/mol. The Morgan fingerprint density at radius 3 is 2.35 bits per heavy atom. The van der Waals surface area contributed by atoms with Gasteiger partial charge >= 0.3 is 6.03 Å². The summed E-state index contributed by atoms with van der Waals surface area (Å²) in [6.45, 7) is 4.94. The van der Waals surface area contributed by atoms with Crippen molar-refractivity contribution in [1.82, 2.24) is 30.3 Å². The Hall–Kier alpha value is -3.17. The maximum absolute atomic E-state index is 12.7. The Morgan fingerprint density at radius 1 is 0.971 bits per heavy atom. The second kappa shape index (κ2) is 11.8. The number of benzene rings is 2. The Morgan fingerprint density at radius 2 is 1.65 bits per heavy atom. The van der Waals surface area contributed by atoms with Gasteiger partial charge in [-0.3, -0.25) is 19.6 Å². The molecule has 0 radical (unpaired) electrons. The van der Waals surface area contributed by atoms with Crippen LogP contribution in [0.15, 0.2) is 65.8 Å². The number of hydrogen-bond acceptors (Lipinski definition) is 6. The number of urea groups is 1. The molecule has 2 aromatic carbocycles. The fourth-order valence-electron chi connectivity index (χ4n) is 3.88. The molecule has 1 atom stereocenters. The molecule has 0 bridgehead atoms. The number of nitrogens with zero attached hydrogens (tertiary/aromatic N) is 4. The van der Waals surface area contributed by atoms with Crippen LogP contribution in [0.1, 0.15) is 37.6 Å². The first-order chi connectivity index (χ1) is 16.6.